The number of rotatable bonds is 5. The fourth-order valence-corrected chi connectivity index (χ4v) is 3.94. The second-order valence-electron chi connectivity index (χ2n) is 5.73. The Morgan fingerprint density at radius 1 is 1.48 bits per heavy atom. The van der Waals surface area contributed by atoms with Crippen molar-refractivity contribution in [2.45, 2.75) is 51.1 Å². The van der Waals surface area contributed by atoms with Crippen molar-refractivity contribution in [3.05, 3.63) is 33.8 Å². The minimum Gasteiger partial charge on any atom is -0.480 e. The van der Waals surface area contributed by atoms with E-state index in [4.69, 9.17) is 23.2 Å². The molecule has 3 nitrogen and oxygen atoms in total. The molecule has 1 heterocycles. The largest absolute Gasteiger partial charge is 0.480 e. The van der Waals surface area contributed by atoms with Crippen LogP contribution in [0, 0.1) is 0 Å². The van der Waals surface area contributed by atoms with Gasteiger partial charge in [-0.05, 0) is 56.5 Å². The van der Waals surface area contributed by atoms with Gasteiger partial charge in [-0.3, -0.25) is 9.69 Å². The standard InChI is InChI=1S/C16H21Cl2NO2/c1-3-7-16(15(20)21)8-4-9-19(16)11(2)13-10-12(17)5-6-14(13)18/h5-6,10-11H,3-4,7-9H2,1-2H3,(H,20,21). The van der Waals surface area contributed by atoms with E-state index >= 15 is 0 Å². The van der Waals surface area contributed by atoms with Gasteiger partial charge < -0.3 is 5.11 Å². The molecule has 116 valence electrons. The average molecular weight is 330 g/mol. The topological polar surface area (TPSA) is 40.5 Å². The quantitative estimate of drug-likeness (QED) is 0.845. The lowest BCUT2D eigenvalue weighted by molar-refractivity contribution is -0.151. The molecule has 1 fully saturated rings. The van der Waals surface area contributed by atoms with Crippen molar-refractivity contribution in [2.75, 3.05) is 6.54 Å². The molecule has 1 N–H and O–H groups in total. The lowest BCUT2D eigenvalue weighted by Crippen LogP contribution is -2.51. The van der Waals surface area contributed by atoms with Crippen molar-refractivity contribution in [1.82, 2.24) is 4.90 Å². The fraction of sp³-hybridized carbons (Fsp3) is 0.562. The maximum absolute atomic E-state index is 11.9. The zero-order chi connectivity index (χ0) is 15.6. The molecule has 1 aromatic rings. The lowest BCUT2D eigenvalue weighted by Gasteiger charge is -2.39. The molecule has 0 saturated carbocycles. The van der Waals surface area contributed by atoms with Gasteiger partial charge in [-0.1, -0.05) is 36.5 Å². The number of carboxylic acids is 1. The van der Waals surface area contributed by atoms with E-state index in [0.717, 1.165) is 24.9 Å². The molecule has 2 rings (SSSR count). The van der Waals surface area contributed by atoms with E-state index < -0.39 is 11.5 Å². The number of aliphatic carboxylic acids is 1. The molecule has 2 atom stereocenters. The number of hydrogen-bond donors (Lipinski definition) is 1. The Balaban J connectivity index is 2.38. The molecule has 0 aliphatic carbocycles. The Labute approximate surface area is 135 Å². The molecule has 0 bridgehead atoms. The van der Waals surface area contributed by atoms with Crippen LogP contribution in [0.4, 0.5) is 0 Å². The van der Waals surface area contributed by atoms with Gasteiger partial charge in [0, 0.05) is 16.1 Å². The summed E-state index contributed by atoms with van der Waals surface area (Å²) in [5.74, 6) is -0.730. The van der Waals surface area contributed by atoms with Crippen LogP contribution in [0.1, 0.15) is 51.1 Å². The highest BCUT2D eigenvalue weighted by atomic mass is 35.5. The Morgan fingerprint density at radius 2 is 2.19 bits per heavy atom. The summed E-state index contributed by atoms with van der Waals surface area (Å²) in [6.07, 6.45) is 3.09. The van der Waals surface area contributed by atoms with Crippen LogP contribution in [-0.2, 0) is 4.79 Å². The van der Waals surface area contributed by atoms with E-state index in [-0.39, 0.29) is 6.04 Å². The second-order valence-corrected chi connectivity index (χ2v) is 6.57. The maximum Gasteiger partial charge on any atom is 0.324 e. The van der Waals surface area contributed by atoms with Crippen LogP contribution in [0.25, 0.3) is 0 Å². The molecule has 21 heavy (non-hydrogen) atoms. The first-order valence-electron chi connectivity index (χ1n) is 7.37. The van der Waals surface area contributed by atoms with Gasteiger partial charge in [-0.15, -0.1) is 0 Å². The van der Waals surface area contributed by atoms with Gasteiger partial charge in [-0.25, -0.2) is 0 Å². The number of halogens is 2. The second kappa shape index (κ2) is 6.55. The van der Waals surface area contributed by atoms with Crippen LogP contribution < -0.4 is 0 Å². The van der Waals surface area contributed by atoms with E-state index in [1.54, 1.807) is 12.1 Å². The fourth-order valence-electron chi connectivity index (χ4n) is 3.49. The van der Waals surface area contributed by atoms with Crippen LogP contribution in [0.2, 0.25) is 10.0 Å². The van der Waals surface area contributed by atoms with Crippen molar-refractivity contribution in [3.8, 4) is 0 Å². The molecule has 1 saturated heterocycles. The van der Waals surface area contributed by atoms with Crippen LogP contribution in [0.5, 0.6) is 0 Å². The number of hydrogen-bond acceptors (Lipinski definition) is 2. The number of benzene rings is 1. The normalized spacial score (nSPS) is 24.2. The first-order valence-corrected chi connectivity index (χ1v) is 8.13. The minimum atomic E-state index is -0.778. The monoisotopic (exact) mass is 329 g/mol. The van der Waals surface area contributed by atoms with Crippen LogP contribution in [0.15, 0.2) is 18.2 Å². The summed E-state index contributed by atoms with van der Waals surface area (Å²) in [5, 5.41) is 11.0. The maximum atomic E-state index is 11.9. The van der Waals surface area contributed by atoms with Crippen molar-refractivity contribution in [3.63, 3.8) is 0 Å². The van der Waals surface area contributed by atoms with E-state index in [2.05, 4.69) is 4.90 Å². The zero-order valence-corrected chi connectivity index (χ0v) is 13.9. The first-order chi connectivity index (χ1) is 9.92. The third kappa shape index (κ3) is 3.05. The van der Waals surface area contributed by atoms with Crippen LogP contribution in [0.3, 0.4) is 0 Å². The summed E-state index contributed by atoms with van der Waals surface area (Å²) in [6.45, 7) is 4.81. The molecule has 5 heteroatoms. The van der Waals surface area contributed by atoms with Crippen LogP contribution >= 0.6 is 23.2 Å². The zero-order valence-electron chi connectivity index (χ0n) is 12.4. The molecule has 1 aliphatic heterocycles. The van der Waals surface area contributed by atoms with E-state index in [0.29, 0.717) is 22.9 Å². The summed E-state index contributed by atoms with van der Waals surface area (Å²) in [6, 6.07) is 5.29. The predicted octanol–water partition coefficient (Wildman–Crippen LogP) is 4.77. The molecule has 1 aromatic carbocycles. The molecular formula is C16H21Cl2NO2. The van der Waals surface area contributed by atoms with E-state index in [1.165, 1.54) is 0 Å². The predicted molar refractivity (Wildman–Crippen MR) is 86.1 cm³/mol. The number of carbonyl (C=O) groups is 1. The highest BCUT2D eigenvalue weighted by Gasteiger charge is 2.48. The Kier molecular flexibility index (Phi) is 5.18. The summed E-state index contributed by atoms with van der Waals surface area (Å²) < 4.78 is 0. The van der Waals surface area contributed by atoms with Gasteiger partial charge in [0.25, 0.3) is 0 Å². The Morgan fingerprint density at radius 3 is 2.81 bits per heavy atom. The molecule has 1 aliphatic rings. The Hall–Kier alpha value is -0.770. The SMILES string of the molecule is CCCC1(C(=O)O)CCCN1C(C)c1cc(Cl)ccc1Cl. The minimum absolute atomic E-state index is 0.0682. The molecule has 0 spiro atoms. The smallest absolute Gasteiger partial charge is 0.324 e. The van der Waals surface area contributed by atoms with Crippen molar-refractivity contribution < 1.29 is 9.90 Å². The number of nitrogens with zero attached hydrogens (tertiary/aromatic N) is 1. The highest BCUT2D eigenvalue weighted by Crippen LogP contribution is 2.42. The molecule has 0 radical (unpaired) electrons. The molecule has 2 unspecified atom stereocenters. The Bertz CT molecular complexity index is 535. The number of carboxylic acid groups (broad SMARTS) is 1. The van der Waals surface area contributed by atoms with Crippen LogP contribution in [-0.4, -0.2) is 28.1 Å². The van der Waals surface area contributed by atoms with Crippen molar-refractivity contribution in [2.24, 2.45) is 0 Å². The summed E-state index contributed by atoms with van der Waals surface area (Å²) in [5.41, 5.74) is 0.118. The van der Waals surface area contributed by atoms with Crippen molar-refractivity contribution in [1.29, 1.82) is 0 Å². The third-order valence-electron chi connectivity index (χ3n) is 4.48. The van der Waals surface area contributed by atoms with E-state index in [1.807, 2.05) is 19.9 Å². The average Bonchev–Trinajstić information content (AvgIpc) is 2.86. The summed E-state index contributed by atoms with van der Waals surface area (Å²) >= 11 is 12.4. The van der Waals surface area contributed by atoms with Gasteiger partial charge >= 0.3 is 5.97 Å². The molecule has 0 amide bonds. The summed E-state index contributed by atoms with van der Waals surface area (Å²) in [4.78, 5) is 14.0. The third-order valence-corrected chi connectivity index (χ3v) is 5.06. The summed E-state index contributed by atoms with van der Waals surface area (Å²) in [7, 11) is 0. The first kappa shape index (κ1) is 16.6. The number of likely N-dealkylation sites (tertiary alicyclic amines) is 1. The van der Waals surface area contributed by atoms with Gasteiger partial charge in [0.1, 0.15) is 5.54 Å². The van der Waals surface area contributed by atoms with Gasteiger partial charge in [0.2, 0.25) is 0 Å². The molecular weight excluding hydrogens is 309 g/mol. The van der Waals surface area contributed by atoms with Gasteiger partial charge in [-0.2, -0.15) is 0 Å². The van der Waals surface area contributed by atoms with Crippen molar-refractivity contribution >= 4 is 29.2 Å². The lowest BCUT2D eigenvalue weighted by atomic mass is 9.89. The highest BCUT2D eigenvalue weighted by molar-refractivity contribution is 6.33. The van der Waals surface area contributed by atoms with Gasteiger partial charge in [0.15, 0.2) is 0 Å². The van der Waals surface area contributed by atoms with Gasteiger partial charge in [0.05, 0.1) is 0 Å². The van der Waals surface area contributed by atoms with E-state index in [9.17, 15) is 9.90 Å². The molecule has 0 aromatic heterocycles.